The van der Waals surface area contributed by atoms with Gasteiger partial charge in [0.2, 0.25) is 0 Å². The molecule has 19 heavy (non-hydrogen) atoms. The van der Waals surface area contributed by atoms with E-state index in [1.54, 1.807) is 6.07 Å². The molecule has 1 heterocycles. The zero-order valence-corrected chi connectivity index (χ0v) is 11.1. The SMILES string of the molecule is O=C(O)CC1(CNC(=O)c2cc(Cl)ccn2)CCC1. The number of carbonyl (C=O) groups excluding carboxylic acids is 1. The third kappa shape index (κ3) is 3.44. The number of hydrogen-bond acceptors (Lipinski definition) is 3. The van der Waals surface area contributed by atoms with Crippen molar-refractivity contribution in [2.45, 2.75) is 25.7 Å². The average Bonchev–Trinajstić information content (AvgIpc) is 2.31. The molecule has 1 aromatic heterocycles. The van der Waals surface area contributed by atoms with Crippen LogP contribution >= 0.6 is 11.6 Å². The van der Waals surface area contributed by atoms with Gasteiger partial charge >= 0.3 is 5.97 Å². The smallest absolute Gasteiger partial charge is 0.303 e. The van der Waals surface area contributed by atoms with E-state index < -0.39 is 5.97 Å². The molecular weight excluding hydrogens is 268 g/mol. The van der Waals surface area contributed by atoms with Crippen molar-refractivity contribution in [3.05, 3.63) is 29.0 Å². The minimum atomic E-state index is -0.824. The van der Waals surface area contributed by atoms with Crippen LogP contribution in [0.4, 0.5) is 0 Å². The van der Waals surface area contributed by atoms with Crippen LogP contribution in [0.25, 0.3) is 0 Å². The van der Waals surface area contributed by atoms with Crippen LogP contribution in [0.5, 0.6) is 0 Å². The minimum Gasteiger partial charge on any atom is -0.481 e. The van der Waals surface area contributed by atoms with Crippen molar-refractivity contribution >= 4 is 23.5 Å². The fourth-order valence-corrected chi connectivity index (χ4v) is 2.46. The average molecular weight is 283 g/mol. The monoisotopic (exact) mass is 282 g/mol. The molecule has 1 aliphatic rings. The molecule has 102 valence electrons. The van der Waals surface area contributed by atoms with Gasteiger partial charge < -0.3 is 10.4 Å². The number of pyridine rings is 1. The van der Waals surface area contributed by atoms with Gasteiger partial charge in [-0.1, -0.05) is 18.0 Å². The first-order valence-electron chi connectivity index (χ1n) is 6.12. The third-order valence-electron chi connectivity index (χ3n) is 3.52. The number of rotatable bonds is 5. The van der Waals surface area contributed by atoms with Gasteiger partial charge in [-0.15, -0.1) is 0 Å². The Morgan fingerprint density at radius 1 is 1.47 bits per heavy atom. The van der Waals surface area contributed by atoms with Gasteiger partial charge in [-0.3, -0.25) is 14.6 Å². The van der Waals surface area contributed by atoms with Crippen molar-refractivity contribution in [3.8, 4) is 0 Å². The fraction of sp³-hybridized carbons (Fsp3) is 0.462. The predicted molar refractivity (Wildman–Crippen MR) is 70.1 cm³/mol. The van der Waals surface area contributed by atoms with Crippen molar-refractivity contribution < 1.29 is 14.7 Å². The van der Waals surface area contributed by atoms with Crippen molar-refractivity contribution in [1.29, 1.82) is 0 Å². The Labute approximate surface area is 116 Å². The van der Waals surface area contributed by atoms with E-state index in [1.165, 1.54) is 12.3 Å². The number of hydrogen-bond donors (Lipinski definition) is 2. The van der Waals surface area contributed by atoms with Crippen LogP contribution in [-0.2, 0) is 4.79 Å². The largest absolute Gasteiger partial charge is 0.481 e. The second-order valence-electron chi connectivity index (χ2n) is 4.97. The first-order chi connectivity index (χ1) is 9.01. The molecule has 0 spiro atoms. The molecule has 1 aliphatic carbocycles. The Morgan fingerprint density at radius 2 is 2.21 bits per heavy atom. The molecular formula is C13H15ClN2O3. The van der Waals surface area contributed by atoms with Crippen LogP contribution in [0.2, 0.25) is 5.02 Å². The van der Waals surface area contributed by atoms with E-state index in [0.29, 0.717) is 11.6 Å². The lowest BCUT2D eigenvalue weighted by Crippen LogP contribution is -2.43. The van der Waals surface area contributed by atoms with Gasteiger partial charge in [0.05, 0.1) is 6.42 Å². The number of nitrogens with zero attached hydrogens (tertiary/aromatic N) is 1. The summed E-state index contributed by atoms with van der Waals surface area (Å²) in [6.45, 7) is 0.367. The Kier molecular flexibility index (Phi) is 4.04. The molecule has 0 atom stereocenters. The number of aliphatic carboxylic acids is 1. The standard InChI is InChI=1S/C13H15ClN2O3/c14-9-2-5-15-10(6-9)12(19)16-8-13(3-1-4-13)7-11(17)18/h2,5-6H,1,3-4,7-8H2,(H,16,19)(H,17,18). The summed E-state index contributed by atoms with van der Waals surface area (Å²) in [5, 5.41) is 12.1. The van der Waals surface area contributed by atoms with Crippen molar-refractivity contribution in [2.24, 2.45) is 5.41 Å². The van der Waals surface area contributed by atoms with Crippen LogP contribution in [0, 0.1) is 5.41 Å². The predicted octanol–water partition coefficient (Wildman–Crippen LogP) is 2.11. The molecule has 0 aliphatic heterocycles. The van der Waals surface area contributed by atoms with E-state index >= 15 is 0 Å². The van der Waals surface area contributed by atoms with E-state index in [9.17, 15) is 9.59 Å². The molecule has 1 fully saturated rings. The molecule has 1 aromatic rings. The van der Waals surface area contributed by atoms with Crippen molar-refractivity contribution in [3.63, 3.8) is 0 Å². The van der Waals surface area contributed by atoms with Crippen molar-refractivity contribution in [1.82, 2.24) is 10.3 Å². The van der Waals surface area contributed by atoms with Gasteiger partial charge in [0.15, 0.2) is 0 Å². The van der Waals surface area contributed by atoms with Gasteiger partial charge in [-0.2, -0.15) is 0 Å². The molecule has 2 N–H and O–H groups in total. The zero-order chi connectivity index (χ0) is 13.9. The van der Waals surface area contributed by atoms with Crippen LogP contribution in [0.3, 0.4) is 0 Å². The quantitative estimate of drug-likeness (QED) is 0.867. The summed E-state index contributed by atoms with van der Waals surface area (Å²) in [7, 11) is 0. The lowest BCUT2D eigenvalue weighted by atomic mass is 9.66. The van der Waals surface area contributed by atoms with Crippen LogP contribution in [0.1, 0.15) is 36.2 Å². The molecule has 1 saturated carbocycles. The summed E-state index contributed by atoms with van der Waals surface area (Å²) in [6.07, 6.45) is 4.24. The molecule has 0 bridgehead atoms. The number of halogens is 1. The number of carbonyl (C=O) groups is 2. The van der Waals surface area contributed by atoms with Gasteiger partial charge in [0, 0.05) is 17.8 Å². The van der Waals surface area contributed by atoms with E-state index in [0.717, 1.165) is 19.3 Å². The zero-order valence-electron chi connectivity index (χ0n) is 10.4. The van der Waals surface area contributed by atoms with E-state index in [1.807, 2.05) is 0 Å². The second kappa shape index (κ2) is 5.57. The summed E-state index contributed by atoms with van der Waals surface area (Å²) < 4.78 is 0. The maximum Gasteiger partial charge on any atom is 0.303 e. The number of carboxylic acids is 1. The summed E-state index contributed by atoms with van der Waals surface area (Å²) >= 11 is 5.79. The van der Waals surface area contributed by atoms with Gasteiger partial charge in [-0.05, 0) is 30.4 Å². The fourth-order valence-electron chi connectivity index (χ4n) is 2.30. The Bertz CT molecular complexity index is 500. The molecule has 0 unspecified atom stereocenters. The van der Waals surface area contributed by atoms with Crippen molar-refractivity contribution in [2.75, 3.05) is 6.54 Å². The molecule has 6 heteroatoms. The molecule has 5 nitrogen and oxygen atoms in total. The maximum atomic E-state index is 11.9. The molecule has 2 rings (SSSR count). The highest BCUT2D eigenvalue weighted by molar-refractivity contribution is 6.30. The normalized spacial score (nSPS) is 16.5. The first-order valence-corrected chi connectivity index (χ1v) is 6.50. The van der Waals surface area contributed by atoms with Gasteiger partial charge in [0.25, 0.3) is 5.91 Å². The highest BCUT2D eigenvalue weighted by Crippen LogP contribution is 2.43. The molecule has 0 saturated heterocycles. The van der Waals surface area contributed by atoms with Crippen LogP contribution in [-0.4, -0.2) is 28.5 Å². The summed E-state index contributed by atoms with van der Waals surface area (Å²) in [5.74, 6) is -1.14. The Balaban J connectivity index is 1.94. The summed E-state index contributed by atoms with van der Waals surface area (Å²) in [5.41, 5.74) is -0.0441. The first kappa shape index (κ1) is 13.8. The lowest BCUT2D eigenvalue weighted by Gasteiger charge is -2.40. The molecule has 1 amide bonds. The van der Waals surface area contributed by atoms with Crippen LogP contribution in [0.15, 0.2) is 18.3 Å². The third-order valence-corrected chi connectivity index (χ3v) is 3.75. The number of nitrogens with one attached hydrogen (secondary N) is 1. The number of amides is 1. The number of carboxylic acid groups (broad SMARTS) is 1. The van der Waals surface area contributed by atoms with Gasteiger partial charge in [-0.25, -0.2) is 0 Å². The highest BCUT2D eigenvalue weighted by atomic mass is 35.5. The Hall–Kier alpha value is -1.62. The topological polar surface area (TPSA) is 79.3 Å². The van der Waals surface area contributed by atoms with Crippen LogP contribution < -0.4 is 5.32 Å². The van der Waals surface area contributed by atoms with E-state index in [2.05, 4.69) is 10.3 Å². The second-order valence-corrected chi connectivity index (χ2v) is 5.40. The van der Waals surface area contributed by atoms with E-state index in [-0.39, 0.29) is 23.4 Å². The minimum absolute atomic E-state index is 0.0935. The van der Waals surface area contributed by atoms with Gasteiger partial charge in [0.1, 0.15) is 5.69 Å². The lowest BCUT2D eigenvalue weighted by molar-refractivity contribution is -0.141. The summed E-state index contributed by atoms with van der Waals surface area (Å²) in [4.78, 5) is 26.6. The van der Waals surface area contributed by atoms with E-state index in [4.69, 9.17) is 16.7 Å². The number of aromatic nitrogens is 1. The Morgan fingerprint density at radius 3 is 2.74 bits per heavy atom. The summed E-state index contributed by atoms with van der Waals surface area (Å²) in [6, 6.07) is 3.08. The highest BCUT2D eigenvalue weighted by Gasteiger charge is 2.39. The molecule has 0 radical (unpaired) electrons. The molecule has 0 aromatic carbocycles. The maximum absolute atomic E-state index is 11.9.